The number of benzene rings is 1. The first-order valence-electron chi connectivity index (χ1n) is 8.66. The van der Waals surface area contributed by atoms with Crippen LogP contribution >= 0.6 is 0 Å². The summed E-state index contributed by atoms with van der Waals surface area (Å²) in [6, 6.07) is 12.3. The van der Waals surface area contributed by atoms with Gasteiger partial charge in [0.15, 0.2) is 0 Å². The summed E-state index contributed by atoms with van der Waals surface area (Å²) in [6.45, 7) is 1.49. The number of carbonyl (C=O) groups excluding carboxylic acids is 1. The van der Waals surface area contributed by atoms with E-state index in [0.29, 0.717) is 22.4 Å². The Morgan fingerprint density at radius 3 is 2.56 bits per heavy atom. The largest absolute Gasteiger partial charge is 0.357 e. The molecular weight excluding hydrogens is 314 g/mol. The third kappa shape index (κ3) is 2.76. The highest BCUT2D eigenvalue weighted by atomic mass is 16.2. The molecule has 0 aliphatic carbocycles. The van der Waals surface area contributed by atoms with Gasteiger partial charge in [-0.2, -0.15) is 0 Å². The molecule has 0 bridgehead atoms. The number of hydrogen-bond acceptors (Lipinski definition) is 2. The maximum absolute atomic E-state index is 13.0. The van der Waals surface area contributed by atoms with Crippen LogP contribution in [0.3, 0.4) is 0 Å². The zero-order valence-corrected chi connectivity index (χ0v) is 14.2. The second kappa shape index (κ2) is 6.24. The summed E-state index contributed by atoms with van der Waals surface area (Å²) >= 11 is 0. The van der Waals surface area contributed by atoms with Gasteiger partial charge in [-0.15, -0.1) is 0 Å². The van der Waals surface area contributed by atoms with E-state index in [4.69, 9.17) is 0 Å². The number of aromatic nitrogens is 2. The van der Waals surface area contributed by atoms with Crippen molar-refractivity contribution >= 4 is 16.8 Å². The van der Waals surface area contributed by atoms with Gasteiger partial charge in [0.2, 0.25) is 0 Å². The Kier molecular flexibility index (Phi) is 3.92. The molecule has 1 aliphatic heterocycles. The molecule has 4 rings (SSSR count). The molecule has 0 saturated carbocycles. The number of pyridine rings is 1. The van der Waals surface area contributed by atoms with Gasteiger partial charge in [-0.25, -0.2) is 0 Å². The van der Waals surface area contributed by atoms with E-state index in [1.807, 2.05) is 11.0 Å². The molecule has 5 heteroatoms. The number of hydrogen-bond donors (Lipinski definition) is 1. The first kappa shape index (κ1) is 15.7. The Bertz CT molecular complexity index is 964. The predicted octanol–water partition coefficient (Wildman–Crippen LogP) is 2.89. The van der Waals surface area contributed by atoms with Gasteiger partial charge >= 0.3 is 0 Å². The monoisotopic (exact) mass is 335 g/mol. The number of rotatable bonds is 2. The normalized spacial score (nSPS) is 15.6. The van der Waals surface area contributed by atoms with Crippen LogP contribution in [0.5, 0.6) is 0 Å². The minimum absolute atomic E-state index is 0.00621. The van der Waals surface area contributed by atoms with E-state index in [1.165, 1.54) is 10.1 Å². The van der Waals surface area contributed by atoms with Crippen molar-refractivity contribution in [1.82, 2.24) is 14.5 Å². The van der Waals surface area contributed by atoms with Gasteiger partial charge in [-0.3, -0.25) is 9.59 Å². The fourth-order valence-corrected chi connectivity index (χ4v) is 3.75. The minimum Gasteiger partial charge on any atom is -0.357 e. The van der Waals surface area contributed by atoms with Gasteiger partial charge in [0.25, 0.3) is 11.5 Å². The Morgan fingerprint density at radius 1 is 1.12 bits per heavy atom. The van der Waals surface area contributed by atoms with Crippen molar-refractivity contribution < 1.29 is 4.79 Å². The van der Waals surface area contributed by atoms with Crippen molar-refractivity contribution in [2.24, 2.45) is 7.05 Å². The average molecular weight is 335 g/mol. The lowest BCUT2D eigenvalue weighted by Gasteiger charge is -2.32. The Balaban J connectivity index is 1.56. The third-order valence-electron chi connectivity index (χ3n) is 5.18. The highest BCUT2D eigenvalue weighted by Gasteiger charge is 2.26. The predicted molar refractivity (Wildman–Crippen MR) is 97.9 cm³/mol. The fourth-order valence-electron chi connectivity index (χ4n) is 3.75. The highest BCUT2D eigenvalue weighted by Crippen LogP contribution is 2.29. The molecular formula is C20H21N3O2. The molecule has 0 spiro atoms. The summed E-state index contributed by atoms with van der Waals surface area (Å²) in [5.41, 5.74) is 2.33. The van der Waals surface area contributed by atoms with E-state index < -0.39 is 0 Å². The number of aryl methyl sites for hydroxylation is 1. The minimum atomic E-state index is -0.112. The standard InChI is InChI=1S/C20H21N3O2/c1-22-13-17(16-7-10-21-18(16)20(22)25)19(24)23-11-8-15(9-12-23)14-5-3-2-4-6-14/h2-7,10,13,15,21H,8-9,11-12H2,1H3. The first-order chi connectivity index (χ1) is 12.1. The quantitative estimate of drug-likeness (QED) is 0.783. The number of piperidine rings is 1. The van der Waals surface area contributed by atoms with Crippen LogP contribution in [-0.4, -0.2) is 33.4 Å². The van der Waals surface area contributed by atoms with Gasteiger partial charge in [-0.1, -0.05) is 30.3 Å². The van der Waals surface area contributed by atoms with E-state index in [-0.39, 0.29) is 11.5 Å². The molecule has 0 unspecified atom stereocenters. The zero-order valence-electron chi connectivity index (χ0n) is 14.2. The third-order valence-corrected chi connectivity index (χ3v) is 5.18. The summed E-state index contributed by atoms with van der Waals surface area (Å²) in [6.07, 6.45) is 5.31. The van der Waals surface area contributed by atoms with Gasteiger partial charge in [-0.05, 0) is 30.4 Å². The maximum atomic E-state index is 13.0. The van der Waals surface area contributed by atoms with Crippen molar-refractivity contribution in [3.05, 3.63) is 70.3 Å². The summed E-state index contributed by atoms with van der Waals surface area (Å²) < 4.78 is 1.47. The molecule has 5 nitrogen and oxygen atoms in total. The topological polar surface area (TPSA) is 58.1 Å². The van der Waals surface area contributed by atoms with E-state index >= 15 is 0 Å². The highest BCUT2D eigenvalue weighted by molar-refractivity contribution is 6.05. The molecule has 1 aliphatic rings. The molecule has 25 heavy (non-hydrogen) atoms. The number of nitrogens with zero attached hydrogens (tertiary/aromatic N) is 2. The molecule has 1 saturated heterocycles. The summed E-state index contributed by atoms with van der Waals surface area (Å²) in [7, 11) is 1.68. The fraction of sp³-hybridized carbons (Fsp3) is 0.300. The number of nitrogens with one attached hydrogen (secondary N) is 1. The van der Waals surface area contributed by atoms with E-state index in [0.717, 1.165) is 25.9 Å². The molecule has 0 atom stereocenters. The van der Waals surface area contributed by atoms with Crippen LogP contribution in [0.4, 0.5) is 0 Å². The molecule has 2 aromatic heterocycles. The molecule has 0 radical (unpaired) electrons. The van der Waals surface area contributed by atoms with Crippen LogP contribution in [0.25, 0.3) is 10.9 Å². The summed E-state index contributed by atoms with van der Waals surface area (Å²) in [5.74, 6) is 0.518. The molecule has 1 aromatic carbocycles. The number of carbonyl (C=O) groups is 1. The van der Waals surface area contributed by atoms with Crippen LogP contribution in [0.2, 0.25) is 0 Å². The molecule has 3 heterocycles. The van der Waals surface area contributed by atoms with Gasteiger partial charge in [0.1, 0.15) is 5.52 Å². The SMILES string of the molecule is Cn1cc(C(=O)N2CCC(c3ccccc3)CC2)c2cc[nH]c2c1=O. The number of likely N-dealkylation sites (tertiary alicyclic amines) is 1. The summed E-state index contributed by atoms with van der Waals surface area (Å²) in [5, 5.41) is 0.707. The second-order valence-electron chi connectivity index (χ2n) is 6.70. The molecule has 1 N–H and O–H groups in total. The molecule has 1 fully saturated rings. The maximum Gasteiger partial charge on any atom is 0.274 e. The van der Waals surface area contributed by atoms with Gasteiger partial charge in [0, 0.05) is 37.9 Å². The van der Waals surface area contributed by atoms with Gasteiger partial charge < -0.3 is 14.5 Å². The number of amides is 1. The lowest BCUT2D eigenvalue weighted by molar-refractivity contribution is 0.0714. The van der Waals surface area contributed by atoms with Crippen molar-refractivity contribution in [3.8, 4) is 0 Å². The Labute approximate surface area is 145 Å². The smallest absolute Gasteiger partial charge is 0.274 e. The zero-order chi connectivity index (χ0) is 17.4. The van der Waals surface area contributed by atoms with E-state index in [2.05, 4.69) is 29.2 Å². The Hall–Kier alpha value is -2.82. The molecule has 128 valence electrons. The lowest BCUT2D eigenvalue weighted by atomic mass is 9.89. The van der Waals surface area contributed by atoms with Crippen LogP contribution in [0.1, 0.15) is 34.7 Å². The van der Waals surface area contributed by atoms with Crippen LogP contribution in [-0.2, 0) is 7.05 Å². The summed E-state index contributed by atoms with van der Waals surface area (Å²) in [4.78, 5) is 30.0. The first-order valence-corrected chi connectivity index (χ1v) is 8.66. The van der Waals surface area contributed by atoms with Crippen molar-refractivity contribution in [2.75, 3.05) is 13.1 Å². The van der Waals surface area contributed by atoms with Crippen LogP contribution in [0, 0.1) is 0 Å². The van der Waals surface area contributed by atoms with E-state index in [9.17, 15) is 9.59 Å². The lowest BCUT2D eigenvalue weighted by Crippen LogP contribution is -2.38. The molecule has 1 amide bonds. The van der Waals surface area contributed by atoms with Crippen molar-refractivity contribution in [1.29, 1.82) is 0 Å². The number of H-pyrrole nitrogens is 1. The number of fused-ring (bicyclic) bond motifs is 1. The second-order valence-corrected chi connectivity index (χ2v) is 6.70. The van der Waals surface area contributed by atoms with Gasteiger partial charge in [0.05, 0.1) is 5.56 Å². The number of aromatic amines is 1. The van der Waals surface area contributed by atoms with Crippen molar-refractivity contribution in [3.63, 3.8) is 0 Å². The van der Waals surface area contributed by atoms with Crippen LogP contribution in [0.15, 0.2) is 53.6 Å². The molecule has 3 aromatic rings. The van der Waals surface area contributed by atoms with Crippen LogP contribution < -0.4 is 5.56 Å². The Morgan fingerprint density at radius 2 is 1.84 bits per heavy atom. The van der Waals surface area contributed by atoms with E-state index in [1.54, 1.807) is 25.5 Å². The average Bonchev–Trinajstić information content (AvgIpc) is 3.15. The van der Waals surface area contributed by atoms with Crippen molar-refractivity contribution in [2.45, 2.75) is 18.8 Å².